The zero-order chi connectivity index (χ0) is 15.4. The number of phenolic OH excluding ortho intramolecular Hbond substituents is 3. The molecule has 3 unspecified atom stereocenters. The molecule has 6 N–H and O–H groups in total. The largest absolute Gasteiger partial charge is 0.508 e. The van der Waals surface area contributed by atoms with Crippen molar-refractivity contribution in [3.05, 3.63) is 17.7 Å². The number of phenols is 3. The van der Waals surface area contributed by atoms with Crippen LogP contribution in [0.2, 0.25) is 0 Å². The number of hydrogen-bond acceptors (Lipinski definition) is 5. The molecule has 0 aliphatic carbocycles. The van der Waals surface area contributed by atoms with Crippen LogP contribution < -0.4 is 5.73 Å². The highest BCUT2D eigenvalue weighted by atomic mass is 16.4. The van der Waals surface area contributed by atoms with Gasteiger partial charge in [-0.2, -0.15) is 0 Å². The summed E-state index contributed by atoms with van der Waals surface area (Å²) in [5, 5.41) is 38.0. The number of carboxylic acids is 1. The number of hydrogen-bond donors (Lipinski definition) is 5. The third-order valence-electron chi connectivity index (χ3n) is 3.72. The summed E-state index contributed by atoms with van der Waals surface area (Å²) >= 11 is 0. The van der Waals surface area contributed by atoms with Gasteiger partial charge in [0.2, 0.25) is 0 Å². The van der Waals surface area contributed by atoms with E-state index in [9.17, 15) is 20.1 Å². The van der Waals surface area contributed by atoms with E-state index < -0.39 is 11.9 Å². The molecule has 0 spiro atoms. The number of carboxylic acid groups (broad SMARTS) is 1. The Morgan fingerprint density at radius 3 is 2.10 bits per heavy atom. The molecule has 6 heteroatoms. The lowest BCUT2D eigenvalue weighted by Gasteiger charge is -2.24. The van der Waals surface area contributed by atoms with Crippen molar-refractivity contribution in [2.45, 2.75) is 26.2 Å². The number of nitrogens with two attached hydrogens (primary N) is 1. The summed E-state index contributed by atoms with van der Waals surface area (Å²) < 4.78 is 0. The molecule has 0 saturated carbocycles. The van der Waals surface area contributed by atoms with E-state index in [-0.39, 0.29) is 35.6 Å². The molecule has 1 aromatic rings. The van der Waals surface area contributed by atoms with Gasteiger partial charge in [-0.05, 0) is 18.3 Å². The third kappa shape index (κ3) is 3.54. The Balaban J connectivity index is 2.94. The second-order valence-corrected chi connectivity index (χ2v) is 5.17. The second-order valence-electron chi connectivity index (χ2n) is 5.17. The smallest absolute Gasteiger partial charge is 0.307 e. The number of carbonyl (C=O) groups is 1. The van der Waals surface area contributed by atoms with Gasteiger partial charge in [0.25, 0.3) is 0 Å². The highest BCUT2D eigenvalue weighted by Gasteiger charge is 2.26. The first-order valence-electron chi connectivity index (χ1n) is 6.45. The molecule has 20 heavy (non-hydrogen) atoms. The van der Waals surface area contributed by atoms with Crippen molar-refractivity contribution in [1.29, 1.82) is 0 Å². The van der Waals surface area contributed by atoms with Crippen LogP contribution in [-0.2, 0) is 4.79 Å². The van der Waals surface area contributed by atoms with Crippen molar-refractivity contribution in [2.24, 2.45) is 17.6 Å². The molecule has 0 aromatic heterocycles. The second kappa shape index (κ2) is 6.47. The Labute approximate surface area is 117 Å². The maximum Gasteiger partial charge on any atom is 0.307 e. The van der Waals surface area contributed by atoms with E-state index in [1.165, 1.54) is 0 Å². The molecular weight excluding hydrogens is 262 g/mol. The standard InChI is InChI=1S/C14H21NO5/c1-7(3-9(6-15)14(19)20)8(2)13-11(17)4-10(16)5-12(13)18/h4-5,7-9,16-18H,3,6,15H2,1-2H3,(H,19,20). The summed E-state index contributed by atoms with van der Waals surface area (Å²) in [5.74, 6) is -2.64. The van der Waals surface area contributed by atoms with Gasteiger partial charge in [0.05, 0.1) is 5.92 Å². The van der Waals surface area contributed by atoms with Gasteiger partial charge in [-0.15, -0.1) is 0 Å². The number of aliphatic carboxylic acids is 1. The van der Waals surface area contributed by atoms with E-state index in [1.54, 1.807) is 6.92 Å². The van der Waals surface area contributed by atoms with E-state index in [0.717, 1.165) is 12.1 Å². The molecule has 0 saturated heterocycles. The van der Waals surface area contributed by atoms with Gasteiger partial charge in [-0.3, -0.25) is 4.79 Å². The van der Waals surface area contributed by atoms with Crippen LogP contribution in [0.5, 0.6) is 17.2 Å². The molecule has 0 heterocycles. The van der Waals surface area contributed by atoms with Crippen LogP contribution in [0.3, 0.4) is 0 Å². The Hall–Kier alpha value is -1.95. The van der Waals surface area contributed by atoms with Gasteiger partial charge in [-0.1, -0.05) is 13.8 Å². The van der Waals surface area contributed by atoms with Crippen molar-refractivity contribution in [3.8, 4) is 17.2 Å². The zero-order valence-corrected chi connectivity index (χ0v) is 11.6. The van der Waals surface area contributed by atoms with Gasteiger partial charge in [0, 0.05) is 24.2 Å². The highest BCUT2D eigenvalue weighted by Crippen LogP contribution is 2.41. The summed E-state index contributed by atoms with van der Waals surface area (Å²) in [6, 6.07) is 2.30. The Kier molecular flexibility index (Phi) is 5.21. The van der Waals surface area contributed by atoms with E-state index in [4.69, 9.17) is 10.8 Å². The van der Waals surface area contributed by atoms with Gasteiger partial charge in [0.1, 0.15) is 17.2 Å². The normalized spacial score (nSPS) is 15.6. The first kappa shape index (κ1) is 16.1. The molecule has 0 amide bonds. The average Bonchev–Trinajstić information content (AvgIpc) is 2.33. The van der Waals surface area contributed by atoms with Gasteiger partial charge in [-0.25, -0.2) is 0 Å². The van der Waals surface area contributed by atoms with Crippen molar-refractivity contribution < 1.29 is 25.2 Å². The number of rotatable bonds is 6. The van der Waals surface area contributed by atoms with Gasteiger partial charge in [0.15, 0.2) is 0 Å². The monoisotopic (exact) mass is 283 g/mol. The van der Waals surface area contributed by atoms with Crippen LogP contribution in [0.1, 0.15) is 31.7 Å². The lowest BCUT2D eigenvalue weighted by Crippen LogP contribution is -2.26. The predicted octanol–water partition coefficient (Wildman–Crippen LogP) is 1.59. The minimum atomic E-state index is -0.953. The fourth-order valence-corrected chi connectivity index (χ4v) is 2.31. The highest BCUT2D eigenvalue weighted by molar-refractivity contribution is 5.70. The topological polar surface area (TPSA) is 124 Å². The first-order valence-corrected chi connectivity index (χ1v) is 6.45. The number of benzene rings is 1. The minimum Gasteiger partial charge on any atom is -0.508 e. The Morgan fingerprint density at radius 2 is 1.70 bits per heavy atom. The van der Waals surface area contributed by atoms with E-state index in [1.807, 2.05) is 6.92 Å². The van der Waals surface area contributed by atoms with Crippen LogP contribution in [0, 0.1) is 11.8 Å². The van der Waals surface area contributed by atoms with E-state index >= 15 is 0 Å². The maximum atomic E-state index is 11.0. The molecule has 6 nitrogen and oxygen atoms in total. The van der Waals surface area contributed by atoms with Crippen molar-refractivity contribution in [1.82, 2.24) is 0 Å². The van der Waals surface area contributed by atoms with Gasteiger partial charge < -0.3 is 26.2 Å². The van der Waals surface area contributed by atoms with Crippen molar-refractivity contribution in [3.63, 3.8) is 0 Å². The molecule has 1 aromatic carbocycles. The fraction of sp³-hybridized carbons (Fsp3) is 0.500. The van der Waals surface area contributed by atoms with Crippen molar-refractivity contribution >= 4 is 5.97 Å². The van der Waals surface area contributed by atoms with E-state index in [0.29, 0.717) is 12.0 Å². The molecule has 0 aliphatic heterocycles. The lowest BCUT2D eigenvalue weighted by atomic mass is 9.82. The summed E-state index contributed by atoms with van der Waals surface area (Å²) in [4.78, 5) is 11.0. The third-order valence-corrected chi connectivity index (χ3v) is 3.72. The van der Waals surface area contributed by atoms with Crippen LogP contribution >= 0.6 is 0 Å². The minimum absolute atomic E-state index is 0.0416. The van der Waals surface area contributed by atoms with Gasteiger partial charge >= 0.3 is 5.97 Å². The summed E-state index contributed by atoms with van der Waals surface area (Å²) in [6.07, 6.45) is 0.340. The molecule has 0 aliphatic rings. The van der Waals surface area contributed by atoms with E-state index in [2.05, 4.69) is 0 Å². The molecular formula is C14H21NO5. The molecule has 3 atom stereocenters. The van der Waals surface area contributed by atoms with Crippen LogP contribution in [0.15, 0.2) is 12.1 Å². The summed E-state index contributed by atoms with van der Waals surface area (Å²) in [5.41, 5.74) is 5.73. The summed E-state index contributed by atoms with van der Waals surface area (Å²) in [7, 11) is 0. The summed E-state index contributed by atoms with van der Waals surface area (Å²) in [6.45, 7) is 3.66. The average molecular weight is 283 g/mol. The molecule has 1 rings (SSSR count). The fourth-order valence-electron chi connectivity index (χ4n) is 2.31. The van der Waals surface area contributed by atoms with Crippen molar-refractivity contribution in [2.75, 3.05) is 6.54 Å². The zero-order valence-electron chi connectivity index (χ0n) is 11.6. The van der Waals surface area contributed by atoms with Crippen LogP contribution in [0.4, 0.5) is 0 Å². The quantitative estimate of drug-likeness (QED) is 0.540. The van der Waals surface area contributed by atoms with Crippen LogP contribution in [-0.4, -0.2) is 32.9 Å². The number of aromatic hydroxyl groups is 3. The Bertz CT molecular complexity index is 465. The molecule has 0 radical (unpaired) electrons. The molecule has 0 bridgehead atoms. The SMILES string of the molecule is CC(CC(CN)C(=O)O)C(C)c1c(O)cc(O)cc1O. The first-order chi connectivity index (χ1) is 9.27. The van der Waals surface area contributed by atoms with Crippen LogP contribution in [0.25, 0.3) is 0 Å². The lowest BCUT2D eigenvalue weighted by molar-refractivity contribution is -0.142. The Morgan fingerprint density at radius 1 is 1.20 bits per heavy atom. The molecule has 112 valence electrons. The molecule has 0 fully saturated rings. The maximum absolute atomic E-state index is 11.0. The predicted molar refractivity (Wildman–Crippen MR) is 73.8 cm³/mol.